The van der Waals surface area contributed by atoms with Gasteiger partial charge in [0.2, 0.25) is 0 Å². The fraction of sp³-hybridized carbons (Fsp3) is 0.615. The molecule has 4 atom stereocenters. The van der Waals surface area contributed by atoms with Gasteiger partial charge in [0.05, 0.1) is 49.2 Å². The van der Waals surface area contributed by atoms with Crippen LogP contribution in [0.1, 0.15) is 6.92 Å². The van der Waals surface area contributed by atoms with Crippen molar-refractivity contribution in [2.45, 2.75) is 31.3 Å². The molecule has 0 aliphatic carbocycles. The molecule has 0 radical (unpaired) electrons. The Morgan fingerprint density at radius 1 is 0.778 bits per heavy atom. The highest BCUT2D eigenvalue weighted by Gasteiger charge is 2.24. The molecule has 1 N–H and O–H groups in total. The summed E-state index contributed by atoms with van der Waals surface area (Å²) in [7, 11) is 0.902. The van der Waals surface area contributed by atoms with Crippen molar-refractivity contribution in [1.29, 1.82) is 0 Å². The van der Waals surface area contributed by atoms with Crippen molar-refractivity contribution in [3.8, 4) is 0 Å². The zero-order chi connectivity index (χ0) is 21.7. The van der Waals surface area contributed by atoms with Crippen LogP contribution in [0.3, 0.4) is 0 Å². The number of carbonyl (C=O) groups excluding carboxylic acids is 5. The number of methoxy groups -OCH3 is 1. The second kappa shape index (κ2) is 13.4. The Morgan fingerprint density at radius 2 is 1.19 bits per heavy atom. The van der Waals surface area contributed by atoms with Crippen LogP contribution in [0.4, 0.5) is 0 Å². The topological polar surface area (TPSA) is 249 Å². The molecule has 0 aliphatic rings. The molecule has 0 heterocycles. The molecule has 0 fully saturated rings. The van der Waals surface area contributed by atoms with Crippen molar-refractivity contribution in [3.63, 3.8) is 0 Å². The first kappa shape index (κ1) is 26.4. The molecule has 0 spiro atoms. The highest BCUT2D eigenvalue weighted by Crippen LogP contribution is 2.02. The molecule has 14 heteroatoms. The highest BCUT2D eigenvalue weighted by molar-refractivity contribution is 5.81. The molecule has 0 rings (SSSR count). The second-order valence-corrected chi connectivity index (χ2v) is 4.55. The number of hydrogen-bond acceptors (Lipinski definition) is 14. The first-order chi connectivity index (χ1) is 12.3. The van der Waals surface area contributed by atoms with Gasteiger partial charge in [-0.3, -0.25) is 0 Å². The molecule has 14 nitrogen and oxygen atoms in total. The summed E-state index contributed by atoms with van der Waals surface area (Å²) in [6.07, 6.45) is -6.98. The van der Waals surface area contributed by atoms with Crippen LogP contribution >= 0.6 is 0 Å². The van der Waals surface area contributed by atoms with Gasteiger partial charge in [-0.25, -0.2) is 0 Å². The molecule has 0 saturated carbocycles. The predicted octanol–water partition coefficient (Wildman–Crippen LogP) is -9.11. The van der Waals surface area contributed by atoms with E-state index in [1.54, 1.807) is 0 Å². The average Bonchev–Trinajstić information content (AvgIpc) is 2.55. The van der Waals surface area contributed by atoms with Crippen molar-refractivity contribution in [2.75, 3.05) is 20.3 Å². The minimum absolute atomic E-state index is 0.758. The maximum Gasteiger partial charge on any atom is 0.129 e. The summed E-state index contributed by atoms with van der Waals surface area (Å²) in [5.41, 5.74) is 0. The minimum Gasteiger partial charge on any atom is -0.548 e. The smallest absolute Gasteiger partial charge is 0.129 e. The van der Waals surface area contributed by atoms with Gasteiger partial charge in [0, 0.05) is 7.11 Å². The third kappa shape index (κ3) is 12.2. The summed E-state index contributed by atoms with van der Waals surface area (Å²) < 4.78 is 12.8. The van der Waals surface area contributed by atoms with Crippen LogP contribution in [0, 0.1) is 0 Å². The van der Waals surface area contributed by atoms with Gasteiger partial charge in [0.25, 0.3) is 0 Å². The van der Waals surface area contributed by atoms with Crippen LogP contribution in [0.15, 0.2) is 0 Å². The molecule has 0 bridgehead atoms. The molecule has 0 saturated heterocycles. The Morgan fingerprint density at radius 3 is 1.48 bits per heavy atom. The summed E-state index contributed by atoms with van der Waals surface area (Å²) in [5.74, 6) is -8.67. The number of ether oxygens (including phenoxy) is 3. The Kier molecular flexibility index (Phi) is 13.1. The van der Waals surface area contributed by atoms with Crippen molar-refractivity contribution in [3.05, 3.63) is 0 Å². The van der Waals surface area contributed by atoms with E-state index in [9.17, 15) is 49.5 Å². The Balaban J connectivity index is 0. The van der Waals surface area contributed by atoms with Gasteiger partial charge < -0.3 is 68.8 Å². The van der Waals surface area contributed by atoms with Crippen LogP contribution in [0.5, 0.6) is 0 Å². The summed E-state index contributed by atoms with van der Waals surface area (Å²) in [4.78, 5) is 50.5. The quantitative estimate of drug-likeness (QED) is 0.322. The molecular weight excluding hydrogens is 380 g/mol. The molecule has 0 amide bonds. The standard InChI is InChI=1S/C7H10O8.C6H10O6/c1-14-4(6(10)11)5(7(12)13)15-2-3(8)9;1-3(5(9)6(10)11)12-2-4(7)8/h4-5H,2H2,1H3,(H,8,9)(H,10,11)(H,12,13);3,5,9H,2H2,1H3,(H,7,8)(H,10,11)/p-5. The second-order valence-electron chi connectivity index (χ2n) is 4.55. The van der Waals surface area contributed by atoms with Crippen LogP contribution in [-0.2, 0) is 38.2 Å². The van der Waals surface area contributed by atoms with Crippen LogP contribution < -0.4 is 25.5 Å². The van der Waals surface area contributed by atoms with E-state index in [2.05, 4.69) is 14.2 Å². The third-order valence-electron chi connectivity index (χ3n) is 2.52. The van der Waals surface area contributed by atoms with E-state index >= 15 is 0 Å². The van der Waals surface area contributed by atoms with Crippen molar-refractivity contribution in [1.82, 2.24) is 0 Å². The molecule has 156 valence electrons. The zero-order valence-corrected chi connectivity index (χ0v) is 14.0. The van der Waals surface area contributed by atoms with Crippen molar-refractivity contribution < 1.29 is 68.8 Å². The number of carboxylic acids is 5. The molecule has 0 aromatic rings. The number of rotatable bonds is 12. The van der Waals surface area contributed by atoms with E-state index < -0.39 is 67.5 Å². The van der Waals surface area contributed by atoms with Gasteiger partial charge in [-0.05, 0) is 6.92 Å². The van der Waals surface area contributed by atoms with Crippen molar-refractivity contribution in [2.24, 2.45) is 0 Å². The largest absolute Gasteiger partial charge is 0.548 e. The van der Waals surface area contributed by atoms with Crippen molar-refractivity contribution >= 4 is 29.8 Å². The summed E-state index contributed by atoms with van der Waals surface area (Å²) >= 11 is 0. The Hall–Kier alpha value is -2.81. The van der Waals surface area contributed by atoms with E-state index in [-0.39, 0.29) is 0 Å². The summed E-state index contributed by atoms with van der Waals surface area (Å²) in [5, 5.41) is 59.2. The van der Waals surface area contributed by atoms with Gasteiger partial charge in [-0.2, -0.15) is 0 Å². The first-order valence-electron chi connectivity index (χ1n) is 6.81. The number of hydrogen-bond donors (Lipinski definition) is 1. The van der Waals surface area contributed by atoms with E-state index in [1.165, 1.54) is 6.92 Å². The molecule has 0 aromatic heterocycles. The lowest BCUT2D eigenvalue weighted by Gasteiger charge is -2.27. The molecule has 4 unspecified atom stereocenters. The van der Waals surface area contributed by atoms with Crippen LogP contribution in [-0.4, -0.2) is 79.7 Å². The highest BCUT2D eigenvalue weighted by atomic mass is 16.6. The normalized spacial score (nSPS) is 14.6. The van der Waals surface area contributed by atoms with Gasteiger partial charge >= 0.3 is 0 Å². The predicted molar refractivity (Wildman–Crippen MR) is 67.0 cm³/mol. The number of aliphatic hydroxyl groups excluding tert-OH is 1. The first-order valence-corrected chi connectivity index (χ1v) is 6.81. The lowest BCUT2D eigenvalue weighted by molar-refractivity contribution is -0.340. The SMILES string of the molecule is CC(OCC(=O)[O-])C(O)C(=O)[O-].COC(C(=O)[O-])C(OCC(=O)[O-])C(=O)[O-]. The van der Waals surface area contributed by atoms with E-state index in [4.69, 9.17) is 5.11 Å². The van der Waals surface area contributed by atoms with Crippen LogP contribution in [0.25, 0.3) is 0 Å². The molecule has 0 aromatic carbocycles. The van der Waals surface area contributed by atoms with E-state index in [0.29, 0.717) is 0 Å². The summed E-state index contributed by atoms with van der Waals surface area (Å²) in [6.45, 7) is -0.638. The van der Waals surface area contributed by atoms with Gasteiger partial charge in [-0.1, -0.05) is 0 Å². The monoisotopic (exact) mass is 395 g/mol. The van der Waals surface area contributed by atoms with Gasteiger partial charge in [-0.15, -0.1) is 0 Å². The molecule has 27 heavy (non-hydrogen) atoms. The number of aliphatic hydroxyl groups is 1. The average molecular weight is 395 g/mol. The van der Waals surface area contributed by atoms with E-state index in [1.807, 2.05) is 0 Å². The lowest BCUT2D eigenvalue weighted by Crippen LogP contribution is -2.54. The number of aliphatic carboxylic acids is 5. The lowest BCUT2D eigenvalue weighted by atomic mass is 10.2. The number of carboxylic acid groups (broad SMARTS) is 5. The number of carbonyl (C=O) groups is 5. The fourth-order valence-electron chi connectivity index (χ4n) is 1.26. The minimum atomic E-state index is -2.07. The molecule has 0 aliphatic heterocycles. The fourth-order valence-corrected chi connectivity index (χ4v) is 1.26. The molecular formula is C13H15O14-5. The maximum atomic E-state index is 10.4. The van der Waals surface area contributed by atoms with E-state index in [0.717, 1.165) is 7.11 Å². The van der Waals surface area contributed by atoms with Crippen LogP contribution in [0.2, 0.25) is 0 Å². The zero-order valence-electron chi connectivity index (χ0n) is 14.0. The van der Waals surface area contributed by atoms with Gasteiger partial charge in [0.15, 0.2) is 0 Å². The summed E-state index contributed by atoms with van der Waals surface area (Å²) in [6, 6.07) is 0. The van der Waals surface area contributed by atoms with Gasteiger partial charge in [0.1, 0.15) is 18.3 Å². The Labute approximate surface area is 151 Å². The third-order valence-corrected chi connectivity index (χ3v) is 2.52. The Bertz CT molecular complexity index is 529. The maximum absolute atomic E-state index is 10.4.